The van der Waals surface area contributed by atoms with Crippen LogP contribution in [0.25, 0.3) is 22.6 Å². The minimum atomic E-state index is -0.0716. The summed E-state index contributed by atoms with van der Waals surface area (Å²) < 4.78 is 5.71. The lowest BCUT2D eigenvalue weighted by Gasteiger charge is -2.06. The van der Waals surface area contributed by atoms with Crippen molar-refractivity contribution in [3.8, 4) is 11.5 Å². The molecule has 0 aliphatic carbocycles. The predicted octanol–water partition coefficient (Wildman–Crippen LogP) is 5.15. The van der Waals surface area contributed by atoms with Crippen molar-refractivity contribution >= 4 is 45.9 Å². The van der Waals surface area contributed by atoms with Crippen LogP contribution in [0.2, 0.25) is 10.0 Å². The normalized spacial score (nSPS) is 10.9. The Balaban J connectivity index is 2.04. The van der Waals surface area contributed by atoms with E-state index in [1.54, 1.807) is 43.3 Å². The molecule has 1 amide bonds. The van der Waals surface area contributed by atoms with Crippen molar-refractivity contribution in [3.05, 3.63) is 46.4 Å². The number of nitrogens with zero attached hydrogens (tertiary/aromatic N) is 1. The van der Waals surface area contributed by atoms with Crippen LogP contribution in [0.1, 0.15) is 13.3 Å². The number of carbonyl (C=O) groups excluding carboxylic acids is 1. The van der Waals surface area contributed by atoms with E-state index in [0.717, 1.165) is 0 Å². The van der Waals surface area contributed by atoms with Crippen molar-refractivity contribution in [1.29, 1.82) is 0 Å². The summed E-state index contributed by atoms with van der Waals surface area (Å²) in [5.74, 6) is 0.312. The first-order valence-corrected chi connectivity index (χ1v) is 7.48. The number of hydrogen-bond donors (Lipinski definition) is 1. The third kappa shape index (κ3) is 2.93. The van der Waals surface area contributed by atoms with E-state index in [9.17, 15) is 4.79 Å². The zero-order valence-corrected chi connectivity index (χ0v) is 13.2. The molecule has 0 saturated carbocycles. The van der Waals surface area contributed by atoms with Crippen LogP contribution in [0.4, 0.5) is 5.69 Å². The van der Waals surface area contributed by atoms with Crippen molar-refractivity contribution in [3.63, 3.8) is 0 Å². The monoisotopic (exact) mass is 334 g/mol. The molecular formula is C16H12Cl2N2O2. The summed E-state index contributed by atoms with van der Waals surface area (Å²) >= 11 is 12.2. The van der Waals surface area contributed by atoms with Gasteiger partial charge in [-0.2, -0.15) is 0 Å². The van der Waals surface area contributed by atoms with E-state index in [2.05, 4.69) is 10.3 Å². The van der Waals surface area contributed by atoms with Crippen LogP contribution in [0.15, 0.2) is 40.8 Å². The molecule has 0 spiro atoms. The van der Waals surface area contributed by atoms with Crippen molar-refractivity contribution in [1.82, 2.24) is 4.98 Å². The molecular weight excluding hydrogens is 323 g/mol. The van der Waals surface area contributed by atoms with Gasteiger partial charge in [-0.3, -0.25) is 4.79 Å². The van der Waals surface area contributed by atoms with E-state index in [1.165, 1.54) is 0 Å². The van der Waals surface area contributed by atoms with Gasteiger partial charge in [-0.25, -0.2) is 4.98 Å². The zero-order chi connectivity index (χ0) is 15.7. The fraction of sp³-hybridized carbons (Fsp3) is 0.125. The highest BCUT2D eigenvalue weighted by Crippen LogP contribution is 2.32. The Hall–Kier alpha value is -2.04. The van der Waals surface area contributed by atoms with E-state index in [4.69, 9.17) is 27.6 Å². The fourth-order valence-corrected chi connectivity index (χ4v) is 2.40. The van der Waals surface area contributed by atoms with Crippen LogP contribution < -0.4 is 5.32 Å². The maximum absolute atomic E-state index is 11.5. The molecule has 0 fully saturated rings. The number of aromatic nitrogens is 1. The SMILES string of the molecule is CCC(=O)Nc1ccc(Cl)c(-c2nc3cc(Cl)ccc3o2)c1. The van der Waals surface area contributed by atoms with Crippen LogP contribution in [-0.4, -0.2) is 10.9 Å². The summed E-state index contributed by atoms with van der Waals surface area (Å²) in [4.78, 5) is 15.9. The smallest absolute Gasteiger partial charge is 0.228 e. The second kappa shape index (κ2) is 5.99. The number of rotatable bonds is 3. The zero-order valence-electron chi connectivity index (χ0n) is 11.7. The number of benzene rings is 2. The van der Waals surface area contributed by atoms with Crippen molar-refractivity contribution < 1.29 is 9.21 Å². The Morgan fingerprint density at radius 2 is 2.05 bits per heavy atom. The standard InChI is InChI=1S/C16H12Cl2N2O2/c1-2-15(21)19-10-4-5-12(18)11(8-10)16-20-13-7-9(17)3-6-14(13)22-16/h3-8H,2H2,1H3,(H,19,21). The summed E-state index contributed by atoms with van der Waals surface area (Å²) in [5, 5.41) is 3.86. The van der Waals surface area contributed by atoms with Gasteiger partial charge in [-0.15, -0.1) is 0 Å². The molecule has 0 bridgehead atoms. The van der Waals surface area contributed by atoms with Gasteiger partial charge in [-0.1, -0.05) is 30.1 Å². The second-order valence-electron chi connectivity index (χ2n) is 4.73. The van der Waals surface area contributed by atoms with Gasteiger partial charge in [0.25, 0.3) is 0 Å². The first-order chi connectivity index (χ1) is 10.6. The molecule has 1 heterocycles. The first kappa shape index (κ1) is 14.9. The third-order valence-electron chi connectivity index (χ3n) is 3.15. The molecule has 0 aliphatic rings. The molecule has 1 aromatic heterocycles. The van der Waals surface area contributed by atoms with Gasteiger partial charge in [0.1, 0.15) is 5.52 Å². The Morgan fingerprint density at radius 1 is 1.23 bits per heavy atom. The predicted molar refractivity (Wildman–Crippen MR) is 88.4 cm³/mol. The molecule has 0 radical (unpaired) electrons. The molecule has 0 unspecified atom stereocenters. The van der Waals surface area contributed by atoms with Crippen molar-refractivity contribution in [2.24, 2.45) is 0 Å². The first-order valence-electron chi connectivity index (χ1n) is 6.72. The number of hydrogen-bond acceptors (Lipinski definition) is 3. The van der Waals surface area contributed by atoms with Crippen LogP contribution in [0, 0.1) is 0 Å². The number of nitrogens with one attached hydrogen (secondary N) is 1. The third-order valence-corrected chi connectivity index (χ3v) is 3.72. The van der Waals surface area contributed by atoms with Crippen LogP contribution in [-0.2, 0) is 4.79 Å². The number of amides is 1. The number of halogens is 2. The van der Waals surface area contributed by atoms with E-state index >= 15 is 0 Å². The Morgan fingerprint density at radius 3 is 2.82 bits per heavy atom. The maximum Gasteiger partial charge on any atom is 0.228 e. The van der Waals surface area contributed by atoms with E-state index in [-0.39, 0.29) is 5.91 Å². The summed E-state index contributed by atoms with van der Waals surface area (Å²) in [7, 11) is 0. The molecule has 4 nitrogen and oxygen atoms in total. The summed E-state index contributed by atoms with van der Waals surface area (Å²) in [6, 6.07) is 10.4. The lowest BCUT2D eigenvalue weighted by atomic mass is 10.2. The second-order valence-corrected chi connectivity index (χ2v) is 5.57. The highest BCUT2D eigenvalue weighted by molar-refractivity contribution is 6.33. The topological polar surface area (TPSA) is 55.1 Å². The van der Waals surface area contributed by atoms with E-state index < -0.39 is 0 Å². The molecule has 3 rings (SSSR count). The van der Waals surface area contributed by atoms with Gasteiger partial charge in [0.2, 0.25) is 11.8 Å². The highest BCUT2D eigenvalue weighted by atomic mass is 35.5. The van der Waals surface area contributed by atoms with E-state index in [1.807, 2.05) is 0 Å². The Bertz CT molecular complexity index is 858. The lowest BCUT2D eigenvalue weighted by molar-refractivity contribution is -0.115. The molecule has 6 heteroatoms. The highest BCUT2D eigenvalue weighted by Gasteiger charge is 2.13. The van der Waals surface area contributed by atoms with Gasteiger partial charge in [0.15, 0.2) is 5.58 Å². The van der Waals surface area contributed by atoms with Gasteiger partial charge in [-0.05, 0) is 36.4 Å². The summed E-state index contributed by atoms with van der Waals surface area (Å²) in [5.41, 5.74) is 2.54. The van der Waals surface area contributed by atoms with Crippen molar-refractivity contribution in [2.75, 3.05) is 5.32 Å². The summed E-state index contributed by atoms with van der Waals surface area (Å²) in [6.45, 7) is 1.79. The molecule has 0 atom stereocenters. The maximum atomic E-state index is 11.5. The molecule has 1 N–H and O–H groups in total. The molecule has 2 aromatic carbocycles. The van der Waals surface area contributed by atoms with Gasteiger partial charge >= 0.3 is 0 Å². The van der Waals surface area contributed by atoms with E-state index in [0.29, 0.717) is 44.7 Å². The van der Waals surface area contributed by atoms with Gasteiger partial charge < -0.3 is 9.73 Å². The molecule has 22 heavy (non-hydrogen) atoms. The Labute approximate surface area is 137 Å². The van der Waals surface area contributed by atoms with Crippen LogP contribution in [0.5, 0.6) is 0 Å². The minimum Gasteiger partial charge on any atom is -0.436 e. The minimum absolute atomic E-state index is 0.0716. The Kier molecular flexibility index (Phi) is 4.05. The number of fused-ring (bicyclic) bond motifs is 1. The quantitative estimate of drug-likeness (QED) is 0.720. The van der Waals surface area contributed by atoms with Crippen molar-refractivity contribution in [2.45, 2.75) is 13.3 Å². The van der Waals surface area contributed by atoms with Gasteiger partial charge in [0.05, 0.1) is 10.6 Å². The van der Waals surface area contributed by atoms with Gasteiger partial charge in [0, 0.05) is 17.1 Å². The molecule has 3 aromatic rings. The molecule has 112 valence electrons. The number of carbonyl (C=O) groups is 1. The largest absolute Gasteiger partial charge is 0.436 e. The summed E-state index contributed by atoms with van der Waals surface area (Å²) in [6.07, 6.45) is 0.402. The van der Waals surface area contributed by atoms with Crippen LogP contribution in [0.3, 0.4) is 0 Å². The molecule has 0 aliphatic heterocycles. The average molecular weight is 335 g/mol. The lowest BCUT2D eigenvalue weighted by Crippen LogP contribution is -2.09. The number of anilines is 1. The molecule has 0 saturated heterocycles. The average Bonchev–Trinajstić information content (AvgIpc) is 2.91. The van der Waals surface area contributed by atoms with Crippen LogP contribution >= 0.6 is 23.2 Å². The fourth-order valence-electron chi connectivity index (χ4n) is 2.03. The number of oxazole rings is 1.